The van der Waals surface area contributed by atoms with Crippen LogP contribution in [0.5, 0.6) is 0 Å². The molecule has 1 atom stereocenters. The fourth-order valence-electron chi connectivity index (χ4n) is 1.23. The van der Waals surface area contributed by atoms with Crippen LogP contribution in [0.3, 0.4) is 0 Å². The summed E-state index contributed by atoms with van der Waals surface area (Å²) in [5, 5.41) is 4.33. The van der Waals surface area contributed by atoms with Crippen molar-refractivity contribution in [3.8, 4) is 0 Å². The maximum Gasteiger partial charge on any atom is 1.00 e. The van der Waals surface area contributed by atoms with E-state index >= 15 is 0 Å². The zero-order valence-corrected chi connectivity index (χ0v) is 11.0. The Kier molecular flexibility index (Phi) is 3.91. The number of hydrogen-bond acceptors (Lipinski definition) is 4. The van der Waals surface area contributed by atoms with Crippen LogP contribution in [-0.2, 0) is 15.8 Å². The summed E-state index contributed by atoms with van der Waals surface area (Å²) in [4.78, 5) is 0. The Morgan fingerprint density at radius 2 is 2.13 bits per heavy atom. The first kappa shape index (κ1) is 12.7. The summed E-state index contributed by atoms with van der Waals surface area (Å²) < 4.78 is 31.5. The molecule has 0 saturated heterocycles. The van der Waals surface area contributed by atoms with Gasteiger partial charge < -0.3 is 9.08 Å². The van der Waals surface area contributed by atoms with Crippen molar-refractivity contribution < 1.29 is 42.8 Å². The average molecular weight is 235 g/mol. The van der Waals surface area contributed by atoms with E-state index in [-0.39, 0.29) is 35.3 Å². The van der Waals surface area contributed by atoms with E-state index < -0.39 is 10.0 Å². The second kappa shape index (κ2) is 4.63. The normalized spacial score (nSPS) is 14.5. The summed E-state index contributed by atoms with van der Waals surface area (Å²) in [5.74, 6) is -0.302. The number of aromatic nitrogens is 1. The summed E-state index contributed by atoms with van der Waals surface area (Å²) >= 11 is 0. The van der Waals surface area contributed by atoms with Crippen molar-refractivity contribution in [2.45, 2.75) is 5.75 Å². The van der Waals surface area contributed by atoms with Gasteiger partial charge in [0.05, 0.1) is 0 Å². The molecule has 1 aromatic carbocycles. The summed E-state index contributed by atoms with van der Waals surface area (Å²) in [6, 6.07) is 7.03. The van der Waals surface area contributed by atoms with E-state index in [0.717, 1.165) is 0 Å². The van der Waals surface area contributed by atoms with Crippen LogP contribution in [0.15, 0.2) is 28.8 Å². The molecule has 0 aliphatic rings. The zero-order chi connectivity index (χ0) is 10.2. The molecular weight excluding hydrogens is 227 g/mol. The number of benzene rings is 1. The first-order valence-electron chi connectivity index (χ1n) is 3.88. The fraction of sp³-hybridized carbons (Fsp3) is 0.125. The van der Waals surface area contributed by atoms with E-state index in [1.165, 1.54) is 0 Å². The molecule has 1 heterocycles. The predicted molar refractivity (Wildman–Crippen MR) is 51.2 cm³/mol. The van der Waals surface area contributed by atoms with Gasteiger partial charge in [-0.1, -0.05) is 17.3 Å². The van der Waals surface area contributed by atoms with Gasteiger partial charge in [-0.15, -0.1) is 0 Å². The van der Waals surface area contributed by atoms with Crippen LogP contribution in [0.4, 0.5) is 0 Å². The Morgan fingerprint density at radius 1 is 1.47 bits per heavy atom. The van der Waals surface area contributed by atoms with Crippen LogP contribution >= 0.6 is 0 Å². The molecule has 0 spiro atoms. The molecule has 74 valence electrons. The van der Waals surface area contributed by atoms with Crippen molar-refractivity contribution in [1.82, 2.24) is 5.16 Å². The van der Waals surface area contributed by atoms with Crippen molar-refractivity contribution >= 4 is 21.0 Å². The third-order valence-corrected chi connectivity index (χ3v) is 2.45. The third-order valence-electron chi connectivity index (χ3n) is 1.78. The molecule has 0 fully saturated rings. The smallest absolute Gasteiger partial charge is 0.356 e. The van der Waals surface area contributed by atoms with Gasteiger partial charge in [-0.2, -0.15) is 0 Å². The van der Waals surface area contributed by atoms with Gasteiger partial charge >= 0.3 is 29.6 Å². The Labute approximate surface area is 109 Å². The van der Waals surface area contributed by atoms with Gasteiger partial charge in [0.25, 0.3) is 0 Å². The number of hydrogen-bond donors (Lipinski definition) is 2. The van der Waals surface area contributed by atoms with Gasteiger partial charge in [0, 0.05) is 5.39 Å². The number of nitrogens with zero attached hydrogens (tertiary/aromatic N) is 1. The minimum atomic E-state index is -3.56. The molecule has 1 unspecified atom stereocenters. The van der Waals surface area contributed by atoms with Gasteiger partial charge in [0.2, 0.25) is 0 Å². The summed E-state index contributed by atoms with van der Waals surface area (Å²) in [6.07, 6.45) is 0. The van der Waals surface area contributed by atoms with E-state index in [1.54, 1.807) is 24.3 Å². The Hall–Kier alpha value is -0.400. The molecule has 2 aromatic rings. The number of nitrogens with one attached hydrogen (secondary N) is 1. The van der Waals surface area contributed by atoms with Crippen molar-refractivity contribution in [1.29, 1.82) is 4.78 Å². The average Bonchev–Trinajstić information content (AvgIpc) is 2.47. The molecular formula is C8H8N2NaO3S+. The predicted octanol–water partition coefficient (Wildman–Crippen LogP) is -1.15. The minimum Gasteiger partial charge on any atom is -0.356 e. The van der Waals surface area contributed by atoms with Crippen molar-refractivity contribution in [3.05, 3.63) is 30.0 Å². The Bertz CT molecular complexity index is 564. The molecule has 0 aliphatic carbocycles. The van der Waals surface area contributed by atoms with E-state index in [4.69, 9.17) is 13.9 Å². The van der Waals surface area contributed by atoms with Crippen molar-refractivity contribution in [2.24, 2.45) is 0 Å². The van der Waals surface area contributed by atoms with Gasteiger partial charge in [-0.3, -0.25) is 0 Å². The van der Waals surface area contributed by atoms with Gasteiger partial charge in [0.15, 0.2) is 15.6 Å². The maximum atomic E-state index is 10.8. The van der Waals surface area contributed by atoms with Gasteiger partial charge in [-0.25, -0.2) is 8.99 Å². The van der Waals surface area contributed by atoms with Crippen molar-refractivity contribution in [2.75, 3.05) is 0 Å². The molecule has 7 heteroatoms. The second-order valence-electron chi connectivity index (χ2n) is 2.91. The molecule has 2 N–H and O–H groups in total. The second-order valence-corrected chi connectivity index (χ2v) is 4.48. The van der Waals surface area contributed by atoms with Crippen LogP contribution in [-0.4, -0.2) is 13.9 Å². The SMILES string of the molecule is N=S(=O)(O)Cc1noc2ccccc12.[Na+]. The first-order chi connectivity index (χ1) is 6.56. The van der Waals surface area contributed by atoms with Gasteiger partial charge in [-0.05, 0) is 12.1 Å². The summed E-state index contributed by atoms with van der Waals surface area (Å²) in [7, 11) is -3.56. The molecule has 15 heavy (non-hydrogen) atoms. The third kappa shape index (κ3) is 3.02. The molecule has 0 radical (unpaired) electrons. The van der Waals surface area contributed by atoms with Crippen LogP contribution < -0.4 is 29.6 Å². The molecule has 0 amide bonds. The molecule has 5 nitrogen and oxygen atoms in total. The molecule has 1 aromatic heterocycles. The Balaban J connectivity index is 0.00000112. The van der Waals surface area contributed by atoms with Crippen LogP contribution in [0.1, 0.15) is 5.69 Å². The standard InChI is InChI=1S/C8H8N2O3S.Na/c9-14(11,12)5-7-6-3-1-2-4-8(6)13-10-7;/h1-4H,5H2,(H2,9,11,12);/q;+1. The summed E-state index contributed by atoms with van der Waals surface area (Å²) in [6.45, 7) is 0. The monoisotopic (exact) mass is 235 g/mol. The van der Waals surface area contributed by atoms with E-state index in [9.17, 15) is 4.21 Å². The Morgan fingerprint density at radius 3 is 2.80 bits per heavy atom. The molecule has 0 bridgehead atoms. The van der Waals surface area contributed by atoms with Gasteiger partial charge in [0.1, 0.15) is 11.4 Å². The van der Waals surface area contributed by atoms with Crippen LogP contribution in [0.2, 0.25) is 0 Å². The number of rotatable bonds is 2. The fourth-order valence-corrected chi connectivity index (χ4v) is 1.81. The van der Waals surface area contributed by atoms with Crippen molar-refractivity contribution in [3.63, 3.8) is 0 Å². The number of fused-ring (bicyclic) bond motifs is 1. The zero-order valence-electron chi connectivity index (χ0n) is 8.14. The minimum absolute atomic E-state index is 0. The van der Waals surface area contributed by atoms with E-state index in [1.807, 2.05) is 0 Å². The number of para-hydroxylation sites is 1. The molecule has 0 saturated carbocycles. The largest absolute Gasteiger partial charge is 1.00 e. The van der Waals surface area contributed by atoms with E-state index in [0.29, 0.717) is 16.7 Å². The van der Waals surface area contributed by atoms with Crippen LogP contribution in [0.25, 0.3) is 11.0 Å². The quantitative estimate of drug-likeness (QED) is 0.643. The topological polar surface area (TPSA) is 87.2 Å². The molecule has 2 rings (SSSR count). The molecule has 0 aliphatic heterocycles. The summed E-state index contributed by atoms with van der Waals surface area (Å²) in [5.41, 5.74) is 0.911. The first-order valence-corrected chi connectivity index (χ1v) is 5.57. The van der Waals surface area contributed by atoms with E-state index in [2.05, 4.69) is 5.16 Å². The maximum absolute atomic E-state index is 10.8. The van der Waals surface area contributed by atoms with Crippen LogP contribution in [0, 0.1) is 4.78 Å².